The first-order chi connectivity index (χ1) is 6.85. The van der Waals surface area contributed by atoms with Crippen LogP contribution in [-0.2, 0) is 20.8 Å². The van der Waals surface area contributed by atoms with E-state index in [1.54, 1.807) is 0 Å². The molecular formula is C11H17Cl2Zr. The molecule has 0 fully saturated rings. The third kappa shape index (κ3) is 9.50. The fraction of sp³-hybridized carbons (Fsp3) is 0.545. The van der Waals surface area contributed by atoms with Gasteiger partial charge in [0.2, 0.25) is 0 Å². The van der Waals surface area contributed by atoms with Crippen molar-refractivity contribution in [1.82, 2.24) is 0 Å². The van der Waals surface area contributed by atoms with Crippen LogP contribution in [0, 0.1) is 6.42 Å². The molecule has 0 N–H and O–H groups in total. The second kappa shape index (κ2) is 12.0. The molecule has 0 saturated carbocycles. The summed E-state index contributed by atoms with van der Waals surface area (Å²) in [6, 6.07) is 0. The van der Waals surface area contributed by atoms with E-state index in [1.165, 1.54) is 37.7 Å². The van der Waals surface area contributed by atoms with E-state index >= 15 is 0 Å². The Kier molecular flexibility index (Phi) is 12.8. The summed E-state index contributed by atoms with van der Waals surface area (Å²) in [4.78, 5) is 0. The summed E-state index contributed by atoms with van der Waals surface area (Å²) in [6.07, 6.45) is 15.4. The average Bonchev–Trinajstić information content (AvgIpc) is 2.66. The molecule has 0 spiro atoms. The van der Waals surface area contributed by atoms with Crippen molar-refractivity contribution in [1.29, 1.82) is 0 Å². The van der Waals surface area contributed by atoms with Crippen molar-refractivity contribution in [2.45, 2.75) is 39.0 Å². The van der Waals surface area contributed by atoms with Crippen LogP contribution >= 0.6 is 17.0 Å². The van der Waals surface area contributed by atoms with Crippen LogP contribution in [0.1, 0.15) is 39.0 Å². The van der Waals surface area contributed by atoms with Crippen LogP contribution in [0.5, 0.6) is 0 Å². The number of unbranched alkanes of at least 4 members (excludes halogenated alkanes) is 3. The third-order valence-corrected chi connectivity index (χ3v) is 2.05. The van der Waals surface area contributed by atoms with Crippen molar-refractivity contribution in [3.05, 3.63) is 30.2 Å². The van der Waals surface area contributed by atoms with E-state index in [0.717, 1.165) is 0 Å². The summed E-state index contributed by atoms with van der Waals surface area (Å²) in [7, 11) is 9.87. The van der Waals surface area contributed by atoms with Crippen molar-refractivity contribution in [3.8, 4) is 0 Å². The molecule has 0 heterocycles. The van der Waals surface area contributed by atoms with Gasteiger partial charge in [-0.25, -0.2) is 0 Å². The van der Waals surface area contributed by atoms with Crippen LogP contribution in [0.3, 0.4) is 0 Å². The Morgan fingerprint density at radius 3 is 2.43 bits per heavy atom. The summed E-state index contributed by atoms with van der Waals surface area (Å²) < 4.78 is 0. The first-order valence-electron chi connectivity index (χ1n) is 5.02. The Bertz CT molecular complexity index is 176. The molecule has 0 saturated heterocycles. The minimum absolute atomic E-state index is 0.826. The maximum absolute atomic E-state index is 4.93. The maximum atomic E-state index is 4.93. The van der Waals surface area contributed by atoms with E-state index in [1.807, 2.05) is 0 Å². The van der Waals surface area contributed by atoms with Gasteiger partial charge in [0.1, 0.15) is 0 Å². The van der Waals surface area contributed by atoms with Gasteiger partial charge in [-0.05, 0) is 12.8 Å². The standard InChI is InChI=1S/C11H17.2ClH.Zr/c1-2-3-4-5-8-11-9-6-7-10-11;;;/h6-7,9-10H,2-5,8H2,1H3;2*1H;/q;;;+2/p-2. The van der Waals surface area contributed by atoms with Gasteiger partial charge in [0.15, 0.2) is 0 Å². The molecule has 3 heteroatoms. The van der Waals surface area contributed by atoms with Gasteiger partial charge in [0.05, 0.1) is 0 Å². The summed E-state index contributed by atoms with van der Waals surface area (Å²) in [5, 5.41) is 0. The first kappa shape index (κ1) is 14.9. The Balaban J connectivity index is 0.000000500. The minimum atomic E-state index is -0.826. The van der Waals surface area contributed by atoms with Gasteiger partial charge >= 0.3 is 37.9 Å². The van der Waals surface area contributed by atoms with E-state index in [0.29, 0.717) is 0 Å². The molecule has 0 aromatic heterocycles. The van der Waals surface area contributed by atoms with Gasteiger partial charge in [-0.15, -0.1) is 0 Å². The summed E-state index contributed by atoms with van der Waals surface area (Å²) in [5.74, 6) is 0. The molecule has 79 valence electrons. The molecule has 1 radical (unpaired) electrons. The van der Waals surface area contributed by atoms with E-state index in [-0.39, 0.29) is 0 Å². The van der Waals surface area contributed by atoms with E-state index in [9.17, 15) is 0 Å². The Morgan fingerprint density at radius 2 is 1.93 bits per heavy atom. The van der Waals surface area contributed by atoms with Crippen molar-refractivity contribution >= 4 is 17.0 Å². The molecule has 0 unspecified atom stereocenters. The topological polar surface area (TPSA) is 0 Å². The van der Waals surface area contributed by atoms with Crippen molar-refractivity contribution in [3.63, 3.8) is 0 Å². The number of halogens is 2. The summed E-state index contributed by atoms with van der Waals surface area (Å²) >= 11 is -0.826. The van der Waals surface area contributed by atoms with Gasteiger partial charge in [-0.2, -0.15) is 0 Å². The first-order valence-corrected chi connectivity index (χ1v) is 11.3. The predicted molar refractivity (Wildman–Crippen MR) is 62.0 cm³/mol. The third-order valence-electron chi connectivity index (χ3n) is 2.05. The Hall–Kier alpha value is 0.943. The van der Waals surface area contributed by atoms with Crippen LogP contribution < -0.4 is 0 Å². The Morgan fingerprint density at radius 1 is 1.21 bits per heavy atom. The quantitative estimate of drug-likeness (QED) is 0.624. The zero-order valence-corrected chi connectivity index (χ0v) is 12.6. The van der Waals surface area contributed by atoms with Gasteiger partial charge in [0.25, 0.3) is 0 Å². The fourth-order valence-electron chi connectivity index (χ4n) is 1.34. The van der Waals surface area contributed by atoms with Gasteiger partial charge in [-0.1, -0.05) is 50.0 Å². The van der Waals surface area contributed by atoms with Crippen LogP contribution in [0.4, 0.5) is 0 Å². The predicted octanol–water partition coefficient (Wildman–Crippen LogP) is 5.03. The second-order valence-corrected chi connectivity index (χ2v) is 6.91. The molecule has 0 atom stereocenters. The number of hydrogen-bond acceptors (Lipinski definition) is 0. The molecular weight excluding hydrogens is 294 g/mol. The van der Waals surface area contributed by atoms with Crippen LogP contribution in [0.2, 0.25) is 0 Å². The summed E-state index contributed by atoms with van der Waals surface area (Å²) in [5.41, 5.74) is 1.50. The molecule has 0 aromatic carbocycles. The molecule has 1 rings (SSSR count). The SMILES string of the molecule is CCCCCCC1=C[CH]C=C1.[Cl][Zr][Cl]. The van der Waals surface area contributed by atoms with Gasteiger partial charge in [-0.3, -0.25) is 0 Å². The molecule has 1 aliphatic rings. The fourth-order valence-corrected chi connectivity index (χ4v) is 1.34. The molecule has 0 bridgehead atoms. The van der Waals surface area contributed by atoms with Crippen LogP contribution in [0.15, 0.2) is 23.8 Å². The summed E-state index contributed by atoms with van der Waals surface area (Å²) in [6.45, 7) is 2.25. The molecule has 14 heavy (non-hydrogen) atoms. The normalized spacial score (nSPS) is 13.2. The molecule has 0 aromatic rings. The number of rotatable bonds is 5. The number of allylic oxidation sites excluding steroid dienone is 4. The second-order valence-electron chi connectivity index (χ2n) is 3.18. The molecule has 0 amide bonds. The van der Waals surface area contributed by atoms with E-state index in [4.69, 9.17) is 17.0 Å². The van der Waals surface area contributed by atoms with E-state index < -0.39 is 20.8 Å². The monoisotopic (exact) mass is 309 g/mol. The van der Waals surface area contributed by atoms with Crippen molar-refractivity contribution in [2.24, 2.45) is 0 Å². The zero-order chi connectivity index (χ0) is 10.6. The van der Waals surface area contributed by atoms with Crippen molar-refractivity contribution in [2.75, 3.05) is 0 Å². The van der Waals surface area contributed by atoms with Gasteiger partial charge in [0, 0.05) is 6.42 Å². The zero-order valence-electron chi connectivity index (χ0n) is 8.60. The van der Waals surface area contributed by atoms with Crippen molar-refractivity contribution < 1.29 is 20.8 Å². The average molecular weight is 311 g/mol. The molecule has 0 aliphatic heterocycles. The molecule has 0 nitrogen and oxygen atoms in total. The van der Waals surface area contributed by atoms with E-state index in [2.05, 4.69) is 31.6 Å². The number of hydrogen-bond donors (Lipinski definition) is 0. The Labute approximate surface area is 106 Å². The van der Waals surface area contributed by atoms with Gasteiger partial charge < -0.3 is 0 Å². The van der Waals surface area contributed by atoms with Crippen LogP contribution in [-0.4, -0.2) is 0 Å². The van der Waals surface area contributed by atoms with Crippen LogP contribution in [0.25, 0.3) is 0 Å². The molecule has 1 aliphatic carbocycles.